The molecule has 2 N–H and O–H groups in total. The van der Waals surface area contributed by atoms with E-state index in [2.05, 4.69) is 15.6 Å². The van der Waals surface area contributed by atoms with Gasteiger partial charge in [-0.2, -0.15) is 13.2 Å². The summed E-state index contributed by atoms with van der Waals surface area (Å²) < 4.78 is 37.0. The van der Waals surface area contributed by atoms with Gasteiger partial charge in [0.2, 0.25) is 0 Å². The normalized spacial score (nSPS) is 12.0. The van der Waals surface area contributed by atoms with Gasteiger partial charge in [-0.3, -0.25) is 4.68 Å². The molecule has 8 heteroatoms. The third kappa shape index (κ3) is 6.22. The first-order chi connectivity index (χ1) is 8.01. The number of halogens is 3. The molecular weight excluding hydrogens is 237 g/mol. The summed E-state index contributed by atoms with van der Waals surface area (Å²) >= 11 is 0. The Hall–Kier alpha value is -1.15. The molecule has 1 aromatic heterocycles. The van der Waals surface area contributed by atoms with Gasteiger partial charge in [0, 0.05) is 32.4 Å². The van der Waals surface area contributed by atoms with Gasteiger partial charge in [0.15, 0.2) is 0 Å². The number of aryl methyl sites for hydroxylation is 1. The molecule has 0 atom stereocenters. The number of nitrogens with one attached hydrogen (secondary N) is 1. The highest BCUT2D eigenvalue weighted by Crippen LogP contribution is 2.18. The van der Waals surface area contributed by atoms with Gasteiger partial charge < -0.3 is 10.4 Å². The first-order valence-corrected chi connectivity index (χ1v) is 5.28. The Morgan fingerprint density at radius 2 is 2.18 bits per heavy atom. The van der Waals surface area contributed by atoms with Crippen LogP contribution in [0.15, 0.2) is 6.20 Å². The van der Waals surface area contributed by atoms with Gasteiger partial charge in [-0.15, -0.1) is 5.10 Å². The van der Waals surface area contributed by atoms with Gasteiger partial charge in [-0.1, -0.05) is 5.21 Å². The van der Waals surface area contributed by atoms with E-state index in [0.717, 1.165) is 0 Å². The molecule has 1 heterocycles. The van der Waals surface area contributed by atoms with Gasteiger partial charge in [0.25, 0.3) is 0 Å². The average molecular weight is 252 g/mol. The second-order valence-electron chi connectivity index (χ2n) is 3.59. The first kappa shape index (κ1) is 13.9. The Morgan fingerprint density at radius 1 is 1.41 bits per heavy atom. The largest absolute Gasteiger partial charge is 0.396 e. The summed E-state index contributed by atoms with van der Waals surface area (Å²) in [6.45, 7) is 0.743. The van der Waals surface area contributed by atoms with Crippen molar-refractivity contribution in [2.45, 2.75) is 32.1 Å². The second kappa shape index (κ2) is 6.55. The van der Waals surface area contributed by atoms with E-state index in [9.17, 15) is 13.2 Å². The van der Waals surface area contributed by atoms with E-state index in [1.165, 1.54) is 0 Å². The van der Waals surface area contributed by atoms with E-state index in [4.69, 9.17) is 5.11 Å². The van der Waals surface area contributed by atoms with Crippen molar-refractivity contribution in [3.8, 4) is 0 Å². The van der Waals surface area contributed by atoms with Crippen LogP contribution in [0.3, 0.4) is 0 Å². The van der Waals surface area contributed by atoms with Gasteiger partial charge in [-0.25, -0.2) is 0 Å². The van der Waals surface area contributed by atoms with Crippen molar-refractivity contribution in [3.63, 3.8) is 0 Å². The second-order valence-corrected chi connectivity index (χ2v) is 3.59. The molecule has 0 spiro atoms. The van der Waals surface area contributed by atoms with E-state index in [1.807, 2.05) is 0 Å². The molecule has 0 aliphatic rings. The van der Waals surface area contributed by atoms with Crippen LogP contribution in [-0.4, -0.2) is 39.4 Å². The molecule has 0 saturated heterocycles. The SMILES string of the molecule is OCCCn1cc(CNCCC(F)(F)F)nn1. The standard InChI is InChI=1S/C9H15F3N4O/c10-9(11,12)2-3-13-6-8-7-16(15-14-8)4-1-5-17/h7,13,17H,1-6H2. The van der Waals surface area contributed by atoms with Crippen molar-refractivity contribution in [1.82, 2.24) is 20.3 Å². The Morgan fingerprint density at radius 3 is 2.82 bits per heavy atom. The molecule has 1 rings (SSSR count). The number of aliphatic hydroxyl groups excluding tert-OH is 1. The molecule has 0 saturated carbocycles. The minimum absolute atomic E-state index is 0.0685. The van der Waals surface area contributed by atoms with Gasteiger partial charge in [0.05, 0.1) is 12.1 Å². The highest BCUT2D eigenvalue weighted by atomic mass is 19.4. The van der Waals surface area contributed by atoms with Crippen molar-refractivity contribution < 1.29 is 18.3 Å². The molecule has 5 nitrogen and oxygen atoms in total. The summed E-state index contributed by atoms with van der Waals surface area (Å²) in [4.78, 5) is 0. The Balaban J connectivity index is 2.21. The highest BCUT2D eigenvalue weighted by molar-refractivity contribution is 4.91. The van der Waals surface area contributed by atoms with Crippen molar-refractivity contribution >= 4 is 0 Å². The van der Waals surface area contributed by atoms with E-state index < -0.39 is 12.6 Å². The fourth-order valence-electron chi connectivity index (χ4n) is 1.21. The molecule has 0 amide bonds. The number of alkyl halides is 3. The van der Waals surface area contributed by atoms with Crippen LogP contribution < -0.4 is 5.32 Å². The molecule has 0 unspecified atom stereocenters. The summed E-state index contributed by atoms with van der Waals surface area (Å²) in [5.41, 5.74) is 0.588. The topological polar surface area (TPSA) is 63.0 Å². The zero-order chi connectivity index (χ0) is 12.7. The van der Waals surface area contributed by atoms with Gasteiger partial charge in [-0.05, 0) is 6.42 Å². The summed E-state index contributed by atoms with van der Waals surface area (Å²) in [5.74, 6) is 0. The molecule has 0 aromatic carbocycles. The van der Waals surface area contributed by atoms with Gasteiger partial charge in [0.1, 0.15) is 0 Å². The van der Waals surface area contributed by atoms with Crippen LogP contribution in [0.2, 0.25) is 0 Å². The minimum atomic E-state index is -4.13. The Labute approximate surface area is 96.6 Å². The van der Waals surface area contributed by atoms with Crippen LogP contribution >= 0.6 is 0 Å². The molecule has 17 heavy (non-hydrogen) atoms. The number of hydrogen-bond donors (Lipinski definition) is 2. The quantitative estimate of drug-likeness (QED) is 0.701. The maximum absolute atomic E-state index is 11.8. The van der Waals surface area contributed by atoms with Crippen LogP contribution in [0, 0.1) is 0 Å². The maximum atomic E-state index is 11.8. The first-order valence-electron chi connectivity index (χ1n) is 5.28. The molecule has 0 bridgehead atoms. The number of rotatable bonds is 7. The minimum Gasteiger partial charge on any atom is -0.396 e. The van der Waals surface area contributed by atoms with E-state index in [-0.39, 0.29) is 19.7 Å². The predicted molar refractivity (Wildman–Crippen MR) is 54.1 cm³/mol. The molecule has 0 aliphatic carbocycles. The summed E-state index contributed by atoms with van der Waals surface area (Å²) in [6, 6.07) is 0. The smallest absolute Gasteiger partial charge is 0.390 e. The van der Waals surface area contributed by atoms with Crippen LogP contribution in [0.4, 0.5) is 13.2 Å². The lowest BCUT2D eigenvalue weighted by molar-refractivity contribution is -0.133. The lowest BCUT2D eigenvalue weighted by Gasteiger charge is -2.05. The van der Waals surface area contributed by atoms with Crippen molar-refractivity contribution in [3.05, 3.63) is 11.9 Å². The molecule has 98 valence electrons. The van der Waals surface area contributed by atoms with Crippen molar-refractivity contribution in [2.75, 3.05) is 13.2 Å². The Kier molecular flexibility index (Phi) is 5.36. The number of nitrogens with zero attached hydrogens (tertiary/aromatic N) is 3. The zero-order valence-corrected chi connectivity index (χ0v) is 9.24. The predicted octanol–water partition coefficient (Wildman–Crippen LogP) is 0.702. The number of aliphatic hydroxyl groups is 1. The summed E-state index contributed by atoms with van der Waals surface area (Å²) in [5, 5.41) is 18.8. The van der Waals surface area contributed by atoms with Gasteiger partial charge >= 0.3 is 6.18 Å². The fourth-order valence-corrected chi connectivity index (χ4v) is 1.21. The molecule has 1 aromatic rings. The fraction of sp³-hybridized carbons (Fsp3) is 0.778. The van der Waals surface area contributed by atoms with Crippen LogP contribution in [0.1, 0.15) is 18.5 Å². The Bertz CT molecular complexity index is 326. The molecule has 0 radical (unpaired) electrons. The number of aromatic nitrogens is 3. The van der Waals surface area contributed by atoms with Crippen molar-refractivity contribution in [1.29, 1.82) is 0 Å². The lowest BCUT2D eigenvalue weighted by atomic mass is 10.4. The highest BCUT2D eigenvalue weighted by Gasteiger charge is 2.25. The van der Waals surface area contributed by atoms with E-state index >= 15 is 0 Å². The van der Waals surface area contributed by atoms with Crippen LogP contribution in [0.5, 0.6) is 0 Å². The average Bonchev–Trinajstić information content (AvgIpc) is 2.68. The van der Waals surface area contributed by atoms with Crippen LogP contribution in [-0.2, 0) is 13.1 Å². The monoisotopic (exact) mass is 252 g/mol. The zero-order valence-electron chi connectivity index (χ0n) is 9.24. The molecular formula is C9H15F3N4O. The third-order valence-electron chi connectivity index (χ3n) is 2.02. The van der Waals surface area contributed by atoms with E-state index in [0.29, 0.717) is 18.7 Å². The lowest BCUT2D eigenvalue weighted by Crippen LogP contribution is -2.21. The van der Waals surface area contributed by atoms with Crippen molar-refractivity contribution in [2.24, 2.45) is 0 Å². The maximum Gasteiger partial charge on any atom is 0.390 e. The number of hydrogen-bond acceptors (Lipinski definition) is 4. The summed E-state index contributed by atoms with van der Waals surface area (Å²) in [6.07, 6.45) is -2.77. The molecule has 0 aliphatic heterocycles. The van der Waals surface area contributed by atoms with E-state index in [1.54, 1.807) is 10.9 Å². The third-order valence-corrected chi connectivity index (χ3v) is 2.02. The summed E-state index contributed by atoms with van der Waals surface area (Å²) in [7, 11) is 0. The molecule has 0 fully saturated rings. The van der Waals surface area contributed by atoms with Crippen LogP contribution in [0.25, 0.3) is 0 Å².